The molecular formula is C18H29Cl2OSi2Zr. The van der Waals surface area contributed by atoms with Crippen LogP contribution in [-0.2, 0) is 29.1 Å². The monoisotopic (exact) mass is 477 g/mol. The van der Waals surface area contributed by atoms with Crippen LogP contribution in [0.2, 0.25) is 38.8 Å². The third-order valence-electron chi connectivity index (χ3n) is 4.40. The summed E-state index contributed by atoms with van der Waals surface area (Å²) >= 11 is 1.58. The molecule has 0 saturated carbocycles. The Morgan fingerprint density at radius 2 is 1.62 bits per heavy atom. The molecule has 133 valence electrons. The van der Waals surface area contributed by atoms with E-state index in [9.17, 15) is 0 Å². The van der Waals surface area contributed by atoms with E-state index >= 15 is 0 Å². The minimum Gasteiger partial charge on any atom is -1.00 e. The van der Waals surface area contributed by atoms with Crippen LogP contribution in [0.3, 0.4) is 0 Å². The molecular weight excluding hydrogens is 450 g/mol. The van der Waals surface area contributed by atoms with Crippen LogP contribution in [0, 0.1) is 0 Å². The van der Waals surface area contributed by atoms with Crippen LogP contribution in [-0.4, -0.2) is 23.0 Å². The van der Waals surface area contributed by atoms with Crippen molar-refractivity contribution in [2.24, 2.45) is 0 Å². The third-order valence-corrected chi connectivity index (χ3v) is 10.2. The second-order valence-corrected chi connectivity index (χ2v) is 18.7. The quantitative estimate of drug-likeness (QED) is 0.354. The standard InChI is InChI=1S/C18H29OSi2.2ClH.Zr/c1-20(2,3)19-14-9-15-21(4,5)18-13-8-12-17(18)16-10-6-7-11-16;;;/h6,8,10,13H,7,9,12,14-15H2,1-5H3;2*1H;/q;;;+2/p-2. The Morgan fingerprint density at radius 1 is 1.00 bits per heavy atom. The fraction of sp³-hybridized carbons (Fsp3) is 0.556. The first-order valence-electron chi connectivity index (χ1n) is 8.36. The van der Waals surface area contributed by atoms with Crippen LogP contribution in [0.5, 0.6) is 0 Å². The summed E-state index contributed by atoms with van der Waals surface area (Å²) in [6.45, 7) is 12.9. The largest absolute Gasteiger partial charge is 1.00 e. The smallest absolute Gasteiger partial charge is 1.00 e. The SMILES string of the molecule is C[Si](C)(C)OCCC[Si](C)(C)C1=C(C2=[C]([Zr+2])CC=C2)CC=C1.[Cl-].[Cl-]. The molecule has 0 heterocycles. The summed E-state index contributed by atoms with van der Waals surface area (Å²) in [5.41, 5.74) is 3.21. The van der Waals surface area contributed by atoms with Crippen molar-refractivity contribution in [3.8, 4) is 0 Å². The van der Waals surface area contributed by atoms with Gasteiger partial charge in [-0.1, -0.05) is 0 Å². The second-order valence-electron chi connectivity index (χ2n) is 7.95. The third kappa shape index (κ3) is 6.85. The molecule has 0 radical (unpaired) electrons. The molecule has 0 unspecified atom stereocenters. The topological polar surface area (TPSA) is 9.23 Å². The predicted molar refractivity (Wildman–Crippen MR) is 97.8 cm³/mol. The van der Waals surface area contributed by atoms with E-state index in [0.29, 0.717) is 0 Å². The van der Waals surface area contributed by atoms with E-state index < -0.39 is 16.4 Å². The molecule has 2 aliphatic rings. The molecule has 0 aromatic heterocycles. The summed E-state index contributed by atoms with van der Waals surface area (Å²) in [5.74, 6) is 0. The van der Waals surface area contributed by atoms with Crippen molar-refractivity contribution >= 4 is 16.4 Å². The van der Waals surface area contributed by atoms with Crippen molar-refractivity contribution in [1.82, 2.24) is 0 Å². The number of rotatable bonds is 7. The molecule has 0 saturated heterocycles. The Bertz CT molecular complexity index is 558. The van der Waals surface area contributed by atoms with E-state index in [1.165, 1.54) is 18.9 Å². The van der Waals surface area contributed by atoms with Gasteiger partial charge >= 0.3 is 154 Å². The van der Waals surface area contributed by atoms with Crippen LogP contribution in [0.4, 0.5) is 0 Å². The van der Waals surface area contributed by atoms with Crippen LogP contribution >= 0.6 is 0 Å². The summed E-state index contributed by atoms with van der Waals surface area (Å²) in [7, 11) is -2.71. The Hall–Kier alpha value is 0.817. The van der Waals surface area contributed by atoms with E-state index in [1.54, 1.807) is 44.3 Å². The molecule has 2 aliphatic carbocycles. The number of allylic oxidation sites excluding steroid dienone is 8. The molecule has 0 aliphatic heterocycles. The maximum absolute atomic E-state index is 6.04. The fourth-order valence-electron chi connectivity index (χ4n) is 3.21. The van der Waals surface area contributed by atoms with E-state index in [1.807, 2.05) is 0 Å². The molecule has 24 heavy (non-hydrogen) atoms. The van der Waals surface area contributed by atoms with Gasteiger partial charge in [0.25, 0.3) is 0 Å². The van der Waals surface area contributed by atoms with Crippen LogP contribution in [0.1, 0.15) is 19.3 Å². The van der Waals surface area contributed by atoms with Gasteiger partial charge < -0.3 is 24.8 Å². The summed E-state index contributed by atoms with van der Waals surface area (Å²) in [6, 6.07) is 1.34. The van der Waals surface area contributed by atoms with E-state index in [-0.39, 0.29) is 24.8 Å². The van der Waals surface area contributed by atoms with E-state index in [2.05, 4.69) is 57.0 Å². The zero-order valence-electron chi connectivity index (χ0n) is 15.5. The normalized spacial score (nSPS) is 17.5. The molecule has 0 atom stereocenters. The van der Waals surface area contributed by atoms with Gasteiger partial charge in [-0.2, -0.15) is 0 Å². The Labute approximate surface area is 177 Å². The van der Waals surface area contributed by atoms with Gasteiger partial charge in [-0.05, 0) is 0 Å². The Balaban J connectivity index is 0.00000264. The molecule has 1 nitrogen and oxygen atoms in total. The summed E-state index contributed by atoms with van der Waals surface area (Å²) in [5, 5.41) is 1.70. The zero-order valence-corrected chi connectivity index (χ0v) is 21.5. The first-order chi connectivity index (χ1) is 10.2. The van der Waals surface area contributed by atoms with Gasteiger partial charge in [0.15, 0.2) is 0 Å². The first kappa shape index (κ1) is 24.8. The summed E-state index contributed by atoms with van der Waals surface area (Å²) in [4.78, 5) is 0. The Kier molecular flexibility index (Phi) is 10.6. The van der Waals surface area contributed by atoms with Gasteiger partial charge in [0.05, 0.1) is 0 Å². The minimum atomic E-state index is -1.36. The maximum atomic E-state index is 6.04. The van der Waals surface area contributed by atoms with Crippen molar-refractivity contribution in [3.05, 3.63) is 43.9 Å². The first-order valence-corrected chi connectivity index (χ1v) is 16.2. The molecule has 0 spiro atoms. The van der Waals surface area contributed by atoms with Gasteiger partial charge in [-0.25, -0.2) is 0 Å². The second kappa shape index (κ2) is 10.2. The van der Waals surface area contributed by atoms with Crippen LogP contribution < -0.4 is 24.8 Å². The van der Waals surface area contributed by atoms with Gasteiger partial charge in [0.2, 0.25) is 0 Å². The molecule has 0 aromatic carbocycles. The van der Waals surface area contributed by atoms with E-state index in [4.69, 9.17) is 4.43 Å². The van der Waals surface area contributed by atoms with Gasteiger partial charge in [-0.3, -0.25) is 0 Å². The number of hydrogen-bond acceptors (Lipinski definition) is 1. The predicted octanol–water partition coefficient (Wildman–Crippen LogP) is -0.499. The van der Waals surface area contributed by atoms with Gasteiger partial charge in [0.1, 0.15) is 0 Å². The van der Waals surface area contributed by atoms with Crippen molar-refractivity contribution in [2.45, 2.75) is 58.0 Å². The Morgan fingerprint density at radius 3 is 2.17 bits per heavy atom. The molecule has 2 rings (SSSR count). The average molecular weight is 480 g/mol. The van der Waals surface area contributed by atoms with Gasteiger partial charge in [0, 0.05) is 0 Å². The van der Waals surface area contributed by atoms with Gasteiger partial charge in [-0.15, -0.1) is 0 Å². The fourth-order valence-corrected chi connectivity index (χ4v) is 7.75. The summed E-state index contributed by atoms with van der Waals surface area (Å²) in [6.07, 6.45) is 13.0. The summed E-state index contributed by atoms with van der Waals surface area (Å²) < 4.78 is 7.68. The molecule has 0 fully saturated rings. The number of hydrogen-bond donors (Lipinski definition) is 0. The minimum absolute atomic E-state index is 0. The van der Waals surface area contributed by atoms with Crippen molar-refractivity contribution < 1.29 is 54.0 Å². The molecule has 0 N–H and O–H groups in total. The van der Waals surface area contributed by atoms with E-state index in [0.717, 1.165) is 13.0 Å². The molecule has 0 bridgehead atoms. The average Bonchev–Trinajstić information content (AvgIpc) is 3.01. The zero-order chi connectivity index (χ0) is 16.4. The van der Waals surface area contributed by atoms with Crippen molar-refractivity contribution in [2.75, 3.05) is 6.61 Å². The van der Waals surface area contributed by atoms with Crippen molar-refractivity contribution in [3.63, 3.8) is 0 Å². The molecule has 6 heteroatoms. The molecule has 0 aromatic rings. The van der Waals surface area contributed by atoms with Crippen LogP contribution in [0.25, 0.3) is 0 Å². The van der Waals surface area contributed by atoms with Crippen molar-refractivity contribution in [1.29, 1.82) is 0 Å². The molecule has 0 amide bonds. The van der Waals surface area contributed by atoms with Crippen LogP contribution in [0.15, 0.2) is 43.9 Å². The number of halogens is 2. The maximum Gasteiger partial charge on any atom is -1.00 e.